The predicted molar refractivity (Wildman–Crippen MR) is 47.5 cm³/mol. The number of furan rings is 1. The number of hydrogen-bond acceptors (Lipinski definition) is 4. The van der Waals surface area contributed by atoms with Crippen LogP contribution in [0.5, 0.6) is 0 Å². The molecule has 0 unspecified atom stereocenters. The Morgan fingerprint density at radius 2 is 2.14 bits per heavy atom. The Morgan fingerprint density at radius 3 is 2.57 bits per heavy atom. The Hall–Kier alpha value is -1.62. The highest BCUT2D eigenvalue weighted by molar-refractivity contribution is 6.05. The van der Waals surface area contributed by atoms with E-state index in [4.69, 9.17) is 4.42 Å². The van der Waals surface area contributed by atoms with Crippen LogP contribution in [0.2, 0.25) is 0 Å². The summed E-state index contributed by atoms with van der Waals surface area (Å²) in [6.07, 6.45) is 1.32. The summed E-state index contributed by atoms with van der Waals surface area (Å²) in [6, 6.07) is 2.95. The number of amides is 2. The molecular weight excluding hydrogens is 186 g/mol. The van der Waals surface area contributed by atoms with Crippen molar-refractivity contribution < 1.29 is 19.1 Å². The fourth-order valence-corrected chi connectivity index (χ4v) is 0.725. The summed E-state index contributed by atoms with van der Waals surface area (Å²) in [5, 5.41) is 11.2. The van der Waals surface area contributed by atoms with Gasteiger partial charge in [-0.1, -0.05) is 0 Å². The van der Waals surface area contributed by atoms with Gasteiger partial charge in [-0.25, -0.2) is 0 Å². The zero-order chi connectivity index (χ0) is 10.8. The molecule has 1 aromatic rings. The van der Waals surface area contributed by atoms with Crippen molar-refractivity contribution in [2.24, 2.45) is 0 Å². The van der Waals surface area contributed by atoms with Crippen molar-refractivity contribution in [2.45, 2.75) is 19.4 Å². The lowest BCUT2D eigenvalue weighted by molar-refractivity contribution is -0.135. The van der Waals surface area contributed by atoms with Crippen molar-refractivity contribution in [1.82, 2.24) is 5.32 Å². The molecule has 5 heteroatoms. The summed E-state index contributed by atoms with van der Waals surface area (Å²) in [7, 11) is 0. The fourth-order valence-electron chi connectivity index (χ4n) is 0.725. The molecule has 0 saturated carbocycles. The van der Waals surface area contributed by atoms with Crippen LogP contribution in [0.25, 0.3) is 0 Å². The number of carbonyl (C=O) groups is 2. The average molecular weight is 197 g/mol. The maximum Gasteiger partial charge on any atom is 0.293 e. The van der Waals surface area contributed by atoms with E-state index in [2.05, 4.69) is 0 Å². The minimum atomic E-state index is -1.58. The summed E-state index contributed by atoms with van der Waals surface area (Å²) < 4.78 is 4.76. The number of rotatable bonds is 2. The van der Waals surface area contributed by atoms with Crippen molar-refractivity contribution in [1.29, 1.82) is 0 Å². The monoisotopic (exact) mass is 197 g/mol. The minimum Gasteiger partial charge on any atom is -0.459 e. The molecule has 0 fully saturated rings. The maximum atomic E-state index is 11.2. The van der Waals surface area contributed by atoms with E-state index >= 15 is 0 Å². The van der Waals surface area contributed by atoms with Crippen LogP contribution in [0.1, 0.15) is 24.4 Å². The highest BCUT2D eigenvalue weighted by Gasteiger charge is 2.26. The van der Waals surface area contributed by atoms with Crippen LogP contribution in [0.15, 0.2) is 22.8 Å². The van der Waals surface area contributed by atoms with Crippen molar-refractivity contribution in [2.75, 3.05) is 0 Å². The van der Waals surface area contributed by atoms with Gasteiger partial charge in [-0.3, -0.25) is 14.9 Å². The van der Waals surface area contributed by atoms with Crippen LogP contribution in [-0.4, -0.2) is 22.5 Å². The molecule has 0 bridgehead atoms. The molecule has 14 heavy (non-hydrogen) atoms. The van der Waals surface area contributed by atoms with Crippen molar-refractivity contribution in [3.05, 3.63) is 24.2 Å². The van der Waals surface area contributed by atoms with E-state index in [0.717, 1.165) is 0 Å². The SMILES string of the molecule is CC(C)(O)C(=O)NC(=O)c1ccco1. The molecular formula is C9H11NO4. The lowest BCUT2D eigenvalue weighted by Gasteiger charge is -2.14. The Morgan fingerprint density at radius 1 is 1.50 bits per heavy atom. The maximum absolute atomic E-state index is 11.2. The molecule has 1 aromatic heterocycles. The van der Waals surface area contributed by atoms with Crippen LogP contribution >= 0.6 is 0 Å². The molecule has 0 radical (unpaired) electrons. The van der Waals surface area contributed by atoms with Crippen LogP contribution in [-0.2, 0) is 4.79 Å². The van der Waals surface area contributed by atoms with Gasteiger partial charge in [-0.05, 0) is 26.0 Å². The number of hydrogen-bond donors (Lipinski definition) is 2. The largest absolute Gasteiger partial charge is 0.459 e. The molecule has 2 N–H and O–H groups in total. The highest BCUT2D eigenvalue weighted by Crippen LogP contribution is 2.03. The Balaban J connectivity index is 2.63. The number of carbonyl (C=O) groups excluding carboxylic acids is 2. The summed E-state index contributed by atoms with van der Waals surface area (Å²) in [6.45, 7) is 2.58. The Labute approximate surface area is 80.7 Å². The zero-order valence-corrected chi connectivity index (χ0v) is 7.90. The van der Waals surface area contributed by atoms with Gasteiger partial charge in [-0.15, -0.1) is 0 Å². The van der Waals surface area contributed by atoms with Crippen LogP contribution in [0, 0.1) is 0 Å². The lowest BCUT2D eigenvalue weighted by atomic mass is 10.1. The second-order valence-corrected chi connectivity index (χ2v) is 3.32. The number of nitrogens with one attached hydrogen (secondary N) is 1. The number of aliphatic hydroxyl groups is 1. The van der Waals surface area contributed by atoms with E-state index in [1.165, 1.54) is 32.2 Å². The van der Waals surface area contributed by atoms with E-state index in [9.17, 15) is 14.7 Å². The van der Waals surface area contributed by atoms with E-state index in [-0.39, 0.29) is 5.76 Å². The smallest absolute Gasteiger partial charge is 0.293 e. The molecule has 2 amide bonds. The Bertz CT molecular complexity index is 334. The summed E-state index contributed by atoms with van der Waals surface area (Å²) in [4.78, 5) is 22.4. The van der Waals surface area contributed by atoms with E-state index < -0.39 is 17.4 Å². The molecule has 0 aliphatic carbocycles. The first-order valence-corrected chi connectivity index (χ1v) is 4.03. The van der Waals surface area contributed by atoms with Gasteiger partial charge in [0.1, 0.15) is 5.60 Å². The average Bonchev–Trinajstić information content (AvgIpc) is 2.53. The van der Waals surface area contributed by atoms with E-state index in [0.29, 0.717) is 0 Å². The summed E-state index contributed by atoms with van der Waals surface area (Å²) >= 11 is 0. The van der Waals surface area contributed by atoms with Crippen LogP contribution < -0.4 is 5.32 Å². The topological polar surface area (TPSA) is 79.5 Å². The van der Waals surface area contributed by atoms with Gasteiger partial charge in [0.2, 0.25) is 0 Å². The highest BCUT2D eigenvalue weighted by atomic mass is 16.3. The van der Waals surface area contributed by atoms with Gasteiger partial charge >= 0.3 is 0 Å². The molecule has 76 valence electrons. The second kappa shape index (κ2) is 3.63. The van der Waals surface area contributed by atoms with Gasteiger partial charge in [0, 0.05) is 0 Å². The molecule has 0 spiro atoms. The van der Waals surface area contributed by atoms with Crippen LogP contribution in [0.3, 0.4) is 0 Å². The lowest BCUT2D eigenvalue weighted by Crippen LogP contribution is -2.44. The van der Waals surface area contributed by atoms with Crippen LogP contribution in [0.4, 0.5) is 0 Å². The van der Waals surface area contributed by atoms with Crippen molar-refractivity contribution in [3.63, 3.8) is 0 Å². The third-order valence-electron chi connectivity index (χ3n) is 1.53. The third kappa shape index (κ3) is 2.43. The van der Waals surface area contributed by atoms with Gasteiger partial charge in [0.15, 0.2) is 5.76 Å². The summed E-state index contributed by atoms with van der Waals surface area (Å²) in [5.41, 5.74) is -1.58. The molecule has 0 aliphatic rings. The molecule has 5 nitrogen and oxygen atoms in total. The van der Waals surface area contributed by atoms with Gasteiger partial charge in [-0.2, -0.15) is 0 Å². The minimum absolute atomic E-state index is 0.0302. The standard InChI is InChI=1S/C9H11NO4/c1-9(2,13)8(12)10-7(11)6-4-3-5-14-6/h3-5,13H,1-2H3,(H,10,11,12). The first-order valence-electron chi connectivity index (χ1n) is 4.03. The van der Waals surface area contributed by atoms with Crippen molar-refractivity contribution >= 4 is 11.8 Å². The predicted octanol–water partition coefficient (Wildman–Crippen LogP) is 0.307. The van der Waals surface area contributed by atoms with E-state index in [1.807, 2.05) is 5.32 Å². The zero-order valence-electron chi connectivity index (χ0n) is 7.90. The van der Waals surface area contributed by atoms with E-state index in [1.54, 1.807) is 0 Å². The first kappa shape index (κ1) is 10.5. The van der Waals surface area contributed by atoms with Gasteiger partial charge in [0.05, 0.1) is 6.26 Å². The second-order valence-electron chi connectivity index (χ2n) is 3.32. The molecule has 1 heterocycles. The summed E-state index contributed by atoms with van der Waals surface area (Å²) in [5.74, 6) is -1.40. The normalized spacial score (nSPS) is 11.1. The quantitative estimate of drug-likeness (QED) is 0.715. The Kier molecular flexibility index (Phi) is 2.71. The number of imide groups is 1. The fraction of sp³-hybridized carbons (Fsp3) is 0.333. The van der Waals surface area contributed by atoms with Gasteiger partial charge in [0.25, 0.3) is 11.8 Å². The van der Waals surface area contributed by atoms with Crippen molar-refractivity contribution in [3.8, 4) is 0 Å². The third-order valence-corrected chi connectivity index (χ3v) is 1.53. The van der Waals surface area contributed by atoms with Gasteiger partial charge < -0.3 is 9.52 Å². The molecule has 0 aromatic carbocycles. The molecule has 0 saturated heterocycles. The molecule has 0 atom stereocenters. The molecule has 1 rings (SSSR count). The molecule has 0 aliphatic heterocycles. The first-order chi connectivity index (χ1) is 6.41.